The van der Waals surface area contributed by atoms with Crippen molar-refractivity contribution < 1.29 is 8.78 Å². The Kier molecular flexibility index (Phi) is 5.30. The smallest absolute Gasteiger partial charge is 0.131 e. The van der Waals surface area contributed by atoms with Crippen LogP contribution >= 0.6 is 0 Å². The third kappa shape index (κ3) is 3.79. The predicted molar refractivity (Wildman–Crippen MR) is 106 cm³/mol. The van der Waals surface area contributed by atoms with Crippen molar-refractivity contribution in [3.05, 3.63) is 83.9 Å². The average Bonchev–Trinajstić information content (AvgIpc) is 2.70. The van der Waals surface area contributed by atoms with Crippen molar-refractivity contribution >= 4 is 0 Å². The number of nitrogens with zero attached hydrogens (tertiary/aromatic N) is 1. The van der Waals surface area contributed by atoms with Crippen LogP contribution < -0.4 is 0 Å². The normalized spacial score (nSPS) is 15.0. The Balaban J connectivity index is 1.88. The first-order valence-corrected chi connectivity index (χ1v) is 9.58. The molecule has 27 heavy (non-hydrogen) atoms. The lowest BCUT2D eigenvalue weighted by atomic mass is 9.89. The van der Waals surface area contributed by atoms with E-state index in [1.54, 1.807) is 24.3 Å². The Labute approximate surface area is 159 Å². The molecule has 3 heteroatoms. The van der Waals surface area contributed by atoms with Crippen molar-refractivity contribution in [2.24, 2.45) is 0 Å². The topological polar surface area (TPSA) is 3.24 Å². The third-order valence-electron chi connectivity index (χ3n) is 5.30. The Hall–Kier alpha value is -2.52. The number of hydrogen-bond donors (Lipinski definition) is 0. The fourth-order valence-corrected chi connectivity index (χ4v) is 3.98. The lowest BCUT2D eigenvalue weighted by Crippen LogP contribution is -2.29. The summed E-state index contributed by atoms with van der Waals surface area (Å²) in [5.74, 6) is -0.564. The van der Waals surface area contributed by atoms with Crippen LogP contribution in [-0.2, 0) is 6.54 Å². The molecule has 0 saturated carbocycles. The molecule has 0 atom stereocenters. The fraction of sp³-hybridized carbons (Fsp3) is 0.250. The van der Waals surface area contributed by atoms with Gasteiger partial charge in [0.2, 0.25) is 0 Å². The minimum absolute atomic E-state index is 0.277. The molecule has 0 aliphatic carbocycles. The molecule has 0 unspecified atom stereocenters. The minimum atomic E-state index is -0.287. The minimum Gasteiger partial charge on any atom is -0.299 e. The van der Waals surface area contributed by atoms with Gasteiger partial charge in [-0.3, -0.25) is 4.90 Å². The van der Waals surface area contributed by atoms with E-state index in [1.807, 2.05) is 30.3 Å². The van der Waals surface area contributed by atoms with Crippen LogP contribution in [0.2, 0.25) is 0 Å². The molecule has 0 spiro atoms. The van der Waals surface area contributed by atoms with Crippen molar-refractivity contribution in [1.82, 2.24) is 4.90 Å². The molecule has 0 N–H and O–H groups in total. The van der Waals surface area contributed by atoms with Crippen LogP contribution in [0.15, 0.2) is 66.7 Å². The fourth-order valence-electron chi connectivity index (χ4n) is 3.98. The van der Waals surface area contributed by atoms with Crippen LogP contribution in [0.3, 0.4) is 0 Å². The highest BCUT2D eigenvalue weighted by Gasteiger charge is 2.19. The van der Waals surface area contributed by atoms with Gasteiger partial charge in [0.05, 0.1) is 0 Å². The van der Waals surface area contributed by atoms with Gasteiger partial charge in [-0.1, -0.05) is 61.0 Å². The molecular formula is C24H23F2N. The average molecular weight is 363 g/mol. The first-order chi connectivity index (χ1) is 13.2. The molecule has 3 aromatic carbocycles. The molecule has 0 radical (unpaired) electrons. The van der Waals surface area contributed by atoms with E-state index in [4.69, 9.17) is 0 Å². The molecule has 1 nitrogen and oxygen atoms in total. The van der Waals surface area contributed by atoms with Crippen LogP contribution in [0.5, 0.6) is 0 Å². The molecule has 4 rings (SSSR count). The lowest BCUT2D eigenvalue weighted by Gasteiger charge is -2.28. The highest BCUT2D eigenvalue weighted by atomic mass is 19.1. The van der Waals surface area contributed by atoms with Crippen LogP contribution in [-0.4, -0.2) is 18.0 Å². The van der Waals surface area contributed by atoms with Gasteiger partial charge >= 0.3 is 0 Å². The van der Waals surface area contributed by atoms with Gasteiger partial charge in [0.15, 0.2) is 0 Å². The largest absolute Gasteiger partial charge is 0.299 e. The van der Waals surface area contributed by atoms with Gasteiger partial charge in [0.25, 0.3) is 0 Å². The van der Waals surface area contributed by atoms with E-state index in [9.17, 15) is 8.78 Å². The number of benzene rings is 3. The monoisotopic (exact) mass is 363 g/mol. The van der Waals surface area contributed by atoms with Crippen LogP contribution in [0.4, 0.5) is 8.78 Å². The second-order valence-electron chi connectivity index (χ2n) is 7.14. The highest BCUT2D eigenvalue weighted by Crippen LogP contribution is 2.38. The molecule has 3 aromatic rings. The Morgan fingerprint density at radius 2 is 1.22 bits per heavy atom. The molecule has 138 valence electrons. The lowest BCUT2D eigenvalue weighted by molar-refractivity contribution is 0.221. The highest BCUT2D eigenvalue weighted by molar-refractivity contribution is 5.86. The van der Waals surface area contributed by atoms with Crippen molar-refractivity contribution in [3.63, 3.8) is 0 Å². The SMILES string of the molecule is Fc1ccccc1-c1cccc(CN2CCCCC2)c1-c1ccccc1F. The van der Waals surface area contributed by atoms with Gasteiger partial charge < -0.3 is 0 Å². The first-order valence-electron chi connectivity index (χ1n) is 9.58. The summed E-state index contributed by atoms with van der Waals surface area (Å²) >= 11 is 0. The summed E-state index contributed by atoms with van der Waals surface area (Å²) in [6.45, 7) is 2.87. The maximum atomic E-state index is 14.7. The zero-order valence-corrected chi connectivity index (χ0v) is 15.3. The summed E-state index contributed by atoms with van der Waals surface area (Å²) in [6, 6.07) is 19.4. The van der Waals surface area contributed by atoms with Crippen molar-refractivity contribution in [1.29, 1.82) is 0 Å². The van der Waals surface area contributed by atoms with Gasteiger partial charge in [-0.25, -0.2) is 8.78 Å². The van der Waals surface area contributed by atoms with E-state index in [0.717, 1.165) is 36.3 Å². The Morgan fingerprint density at radius 3 is 1.89 bits per heavy atom. The standard InChI is InChI=1S/C24H23F2N/c25-22-13-4-2-10-19(22)20-12-8-9-18(17-27-15-6-1-7-16-27)24(20)21-11-3-5-14-23(21)26/h2-5,8-14H,1,6-7,15-17H2. The van der Waals surface area contributed by atoms with Gasteiger partial charge in [-0.2, -0.15) is 0 Å². The number of halogens is 2. The number of piperidine rings is 1. The van der Waals surface area contributed by atoms with Crippen LogP contribution in [0.25, 0.3) is 22.3 Å². The Bertz CT molecular complexity index is 929. The maximum absolute atomic E-state index is 14.7. The van der Waals surface area contributed by atoms with Crippen LogP contribution in [0.1, 0.15) is 24.8 Å². The molecule has 1 saturated heterocycles. The quantitative estimate of drug-likeness (QED) is 0.527. The molecule has 0 amide bonds. The second-order valence-corrected chi connectivity index (χ2v) is 7.14. The number of rotatable bonds is 4. The third-order valence-corrected chi connectivity index (χ3v) is 5.30. The summed E-state index contributed by atoms with van der Waals surface area (Å²) < 4.78 is 29.3. The van der Waals surface area contributed by atoms with Gasteiger partial charge in [0, 0.05) is 17.7 Å². The molecule has 1 heterocycles. The van der Waals surface area contributed by atoms with E-state index in [2.05, 4.69) is 4.90 Å². The van der Waals surface area contributed by atoms with Crippen molar-refractivity contribution in [2.45, 2.75) is 25.8 Å². The van der Waals surface area contributed by atoms with E-state index in [-0.39, 0.29) is 11.6 Å². The summed E-state index contributed by atoms with van der Waals surface area (Å²) in [7, 11) is 0. The Morgan fingerprint density at radius 1 is 0.630 bits per heavy atom. The molecule has 1 aliphatic heterocycles. The summed E-state index contributed by atoms with van der Waals surface area (Å²) in [4.78, 5) is 2.41. The number of likely N-dealkylation sites (tertiary alicyclic amines) is 1. The van der Waals surface area contributed by atoms with Crippen molar-refractivity contribution in [2.75, 3.05) is 13.1 Å². The first kappa shape index (κ1) is 17.9. The maximum Gasteiger partial charge on any atom is 0.131 e. The van der Waals surface area contributed by atoms with E-state index in [1.165, 1.54) is 31.4 Å². The van der Waals surface area contributed by atoms with E-state index >= 15 is 0 Å². The summed E-state index contributed by atoms with van der Waals surface area (Å²) in [5.41, 5.74) is 3.63. The molecule has 1 aliphatic rings. The van der Waals surface area contributed by atoms with E-state index in [0.29, 0.717) is 11.1 Å². The van der Waals surface area contributed by atoms with Crippen molar-refractivity contribution in [3.8, 4) is 22.3 Å². The second kappa shape index (κ2) is 8.01. The van der Waals surface area contributed by atoms with Gasteiger partial charge in [0.1, 0.15) is 11.6 Å². The zero-order valence-electron chi connectivity index (χ0n) is 15.3. The molecule has 0 aromatic heterocycles. The summed E-state index contributed by atoms with van der Waals surface area (Å²) in [6.07, 6.45) is 3.66. The number of hydrogen-bond acceptors (Lipinski definition) is 1. The van der Waals surface area contributed by atoms with E-state index < -0.39 is 0 Å². The van der Waals surface area contributed by atoms with Gasteiger partial charge in [-0.05, 0) is 54.8 Å². The van der Waals surface area contributed by atoms with Crippen LogP contribution in [0, 0.1) is 11.6 Å². The molecular weight excluding hydrogens is 340 g/mol. The molecule has 1 fully saturated rings. The summed E-state index contributed by atoms with van der Waals surface area (Å²) in [5, 5.41) is 0. The van der Waals surface area contributed by atoms with Gasteiger partial charge in [-0.15, -0.1) is 0 Å². The predicted octanol–water partition coefficient (Wildman–Crippen LogP) is 6.28. The zero-order chi connectivity index (χ0) is 18.6. The molecule has 0 bridgehead atoms.